The number of nitrogen functional groups attached to an aromatic ring is 1. The van der Waals surface area contributed by atoms with Crippen LogP contribution in [0.5, 0.6) is 17.2 Å². The molecule has 0 aliphatic rings. The summed E-state index contributed by atoms with van der Waals surface area (Å²) in [6.45, 7) is 3.89. The van der Waals surface area contributed by atoms with Gasteiger partial charge in [0.1, 0.15) is 17.5 Å². The minimum Gasteiger partial charge on any atom is -0.493 e. The third kappa shape index (κ3) is 2.69. The van der Waals surface area contributed by atoms with Gasteiger partial charge in [0.25, 0.3) is 0 Å². The Morgan fingerprint density at radius 1 is 1.12 bits per heavy atom. The van der Waals surface area contributed by atoms with Crippen molar-refractivity contribution in [2.45, 2.75) is 20.3 Å². The fraction of sp³-hybridized carbons (Fsp3) is 0.333. The van der Waals surface area contributed by atoms with Crippen molar-refractivity contribution in [1.82, 2.24) is 4.98 Å². The summed E-state index contributed by atoms with van der Waals surface area (Å²) < 4.78 is 16.3. The number of nitriles is 1. The van der Waals surface area contributed by atoms with E-state index in [0.717, 1.165) is 22.4 Å². The van der Waals surface area contributed by atoms with Crippen LogP contribution in [0.25, 0.3) is 11.1 Å². The lowest BCUT2D eigenvalue weighted by Crippen LogP contribution is -2.06. The van der Waals surface area contributed by atoms with E-state index in [1.165, 1.54) is 0 Å². The largest absolute Gasteiger partial charge is 0.493 e. The molecule has 2 N–H and O–H groups in total. The molecule has 24 heavy (non-hydrogen) atoms. The van der Waals surface area contributed by atoms with Crippen molar-refractivity contribution in [2.24, 2.45) is 0 Å². The number of pyridine rings is 1. The van der Waals surface area contributed by atoms with Gasteiger partial charge in [-0.15, -0.1) is 0 Å². The lowest BCUT2D eigenvalue weighted by molar-refractivity contribution is 0.325. The van der Waals surface area contributed by atoms with Crippen LogP contribution in [0, 0.1) is 18.3 Å². The number of hydrogen-bond donors (Lipinski definition) is 1. The van der Waals surface area contributed by atoms with Crippen LogP contribution >= 0.6 is 0 Å². The maximum atomic E-state index is 9.60. The number of aromatic nitrogens is 1. The molecule has 0 unspecified atom stereocenters. The Balaban J connectivity index is 2.94. The van der Waals surface area contributed by atoms with Crippen LogP contribution < -0.4 is 19.9 Å². The Labute approximate surface area is 141 Å². The van der Waals surface area contributed by atoms with E-state index in [4.69, 9.17) is 19.9 Å². The predicted molar refractivity (Wildman–Crippen MR) is 92.6 cm³/mol. The number of nitrogens with zero attached hydrogens (tertiary/aromatic N) is 2. The normalized spacial score (nSPS) is 10.2. The molecule has 0 saturated heterocycles. The highest BCUT2D eigenvalue weighted by molar-refractivity contribution is 5.85. The lowest BCUT2D eigenvalue weighted by atomic mass is 9.92. The highest BCUT2D eigenvalue weighted by atomic mass is 16.5. The molecule has 1 aromatic heterocycles. The Hall–Kier alpha value is -2.94. The summed E-state index contributed by atoms with van der Waals surface area (Å²) in [6.07, 6.45) is 0.709. The molecule has 2 aromatic rings. The fourth-order valence-electron chi connectivity index (χ4n) is 2.91. The van der Waals surface area contributed by atoms with Crippen LogP contribution in [0.1, 0.15) is 23.7 Å². The van der Waals surface area contributed by atoms with Crippen molar-refractivity contribution in [2.75, 3.05) is 27.1 Å². The Bertz CT molecular complexity index is 810. The lowest BCUT2D eigenvalue weighted by Gasteiger charge is -2.19. The second-order valence-corrected chi connectivity index (χ2v) is 5.16. The zero-order valence-corrected chi connectivity index (χ0v) is 14.6. The van der Waals surface area contributed by atoms with Crippen molar-refractivity contribution in [3.8, 4) is 34.4 Å². The highest BCUT2D eigenvalue weighted by Crippen LogP contribution is 2.46. The first kappa shape index (κ1) is 17.4. The maximum Gasteiger partial charge on any atom is 0.203 e. The molecular formula is C18H21N3O3. The van der Waals surface area contributed by atoms with Crippen molar-refractivity contribution < 1.29 is 14.2 Å². The zero-order valence-electron chi connectivity index (χ0n) is 14.6. The molecular weight excluding hydrogens is 306 g/mol. The number of hydrogen-bond acceptors (Lipinski definition) is 6. The first-order valence-corrected chi connectivity index (χ1v) is 7.52. The van der Waals surface area contributed by atoms with Gasteiger partial charge in [-0.25, -0.2) is 4.98 Å². The summed E-state index contributed by atoms with van der Waals surface area (Å²) in [5.74, 6) is 1.72. The number of aryl methyl sites for hydroxylation is 1. The molecule has 0 bridgehead atoms. The molecule has 0 amide bonds. The topological polar surface area (TPSA) is 90.4 Å². The van der Waals surface area contributed by atoms with E-state index in [0.29, 0.717) is 29.2 Å². The van der Waals surface area contributed by atoms with E-state index in [1.54, 1.807) is 27.4 Å². The number of ether oxygens (including phenoxy) is 3. The van der Waals surface area contributed by atoms with Crippen LogP contribution in [0.15, 0.2) is 12.1 Å². The molecule has 0 saturated carbocycles. The molecule has 0 atom stereocenters. The SMILES string of the molecule is CCc1c(C)nc(N)c(C#N)c1-c1ccc(OC)c(OC)c1OC. The molecule has 2 rings (SSSR count). The first-order valence-electron chi connectivity index (χ1n) is 7.52. The second kappa shape index (κ2) is 7.09. The summed E-state index contributed by atoms with van der Waals surface area (Å²) in [6, 6.07) is 5.79. The van der Waals surface area contributed by atoms with Gasteiger partial charge in [0.2, 0.25) is 5.75 Å². The molecule has 1 aromatic carbocycles. The van der Waals surface area contributed by atoms with Gasteiger partial charge >= 0.3 is 0 Å². The van der Waals surface area contributed by atoms with E-state index < -0.39 is 0 Å². The molecule has 1 heterocycles. The Kier molecular flexibility index (Phi) is 5.14. The van der Waals surface area contributed by atoms with E-state index in [1.807, 2.05) is 19.9 Å². The number of anilines is 1. The van der Waals surface area contributed by atoms with Crippen molar-refractivity contribution >= 4 is 5.82 Å². The van der Waals surface area contributed by atoms with Crippen LogP contribution in [-0.2, 0) is 6.42 Å². The van der Waals surface area contributed by atoms with Gasteiger partial charge in [-0.05, 0) is 31.0 Å². The monoisotopic (exact) mass is 327 g/mol. The molecule has 6 heteroatoms. The molecule has 0 fully saturated rings. The average Bonchev–Trinajstić information content (AvgIpc) is 2.59. The van der Waals surface area contributed by atoms with E-state index in [-0.39, 0.29) is 5.82 Å². The standard InChI is InChI=1S/C18H21N3O3/c1-6-11-10(2)21-18(20)13(9-19)15(11)12-7-8-14(22-3)17(24-5)16(12)23-4/h7-8H,6H2,1-5H3,(H2,20,21). The summed E-state index contributed by atoms with van der Waals surface area (Å²) in [5, 5.41) is 9.60. The minimum absolute atomic E-state index is 0.207. The van der Waals surface area contributed by atoms with Crippen molar-refractivity contribution in [3.63, 3.8) is 0 Å². The van der Waals surface area contributed by atoms with Crippen LogP contribution in [0.4, 0.5) is 5.82 Å². The van der Waals surface area contributed by atoms with Gasteiger partial charge < -0.3 is 19.9 Å². The van der Waals surface area contributed by atoms with Crippen LogP contribution in [0.2, 0.25) is 0 Å². The summed E-state index contributed by atoms with van der Waals surface area (Å²) in [5.41, 5.74) is 9.51. The van der Waals surface area contributed by atoms with Crippen molar-refractivity contribution in [3.05, 3.63) is 29.0 Å². The average molecular weight is 327 g/mol. The number of methoxy groups -OCH3 is 3. The zero-order chi connectivity index (χ0) is 17.9. The summed E-state index contributed by atoms with van der Waals surface area (Å²) in [4.78, 5) is 4.29. The molecule has 0 aliphatic heterocycles. The quantitative estimate of drug-likeness (QED) is 0.907. The molecule has 6 nitrogen and oxygen atoms in total. The van der Waals surface area contributed by atoms with Gasteiger partial charge in [-0.2, -0.15) is 5.26 Å². The smallest absolute Gasteiger partial charge is 0.203 e. The van der Waals surface area contributed by atoms with Crippen LogP contribution in [-0.4, -0.2) is 26.3 Å². The van der Waals surface area contributed by atoms with Gasteiger partial charge in [0.15, 0.2) is 11.5 Å². The molecule has 0 radical (unpaired) electrons. The Morgan fingerprint density at radius 3 is 2.29 bits per heavy atom. The fourth-order valence-corrected chi connectivity index (χ4v) is 2.91. The Morgan fingerprint density at radius 2 is 1.79 bits per heavy atom. The molecule has 0 spiro atoms. The first-order chi connectivity index (χ1) is 11.5. The van der Waals surface area contributed by atoms with E-state index >= 15 is 0 Å². The van der Waals surface area contributed by atoms with Gasteiger partial charge in [0.05, 0.1) is 21.3 Å². The minimum atomic E-state index is 0.207. The molecule has 126 valence electrons. The maximum absolute atomic E-state index is 9.60. The van der Waals surface area contributed by atoms with Crippen LogP contribution in [0.3, 0.4) is 0 Å². The summed E-state index contributed by atoms with van der Waals surface area (Å²) in [7, 11) is 4.65. The van der Waals surface area contributed by atoms with Crippen molar-refractivity contribution in [1.29, 1.82) is 5.26 Å². The van der Waals surface area contributed by atoms with Gasteiger partial charge in [0, 0.05) is 16.8 Å². The molecule has 0 aliphatic carbocycles. The summed E-state index contributed by atoms with van der Waals surface area (Å²) >= 11 is 0. The predicted octanol–water partition coefficient (Wildman–Crippen LogP) is 3.10. The van der Waals surface area contributed by atoms with Gasteiger partial charge in [-0.1, -0.05) is 6.92 Å². The van der Waals surface area contributed by atoms with E-state index in [9.17, 15) is 5.26 Å². The number of benzene rings is 1. The van der Waals surface area contributed by atoms with Gasteiger partial charge in [-0.3, -0.25) is 0 Å². The third-order valence-corrected chi connectivity index (χ3v) is 3.97. The highest BCUT2D eigenvalue weighted by Gasteiger charge is 2.23. The third-order valence-electron chi connectivity index (χ3n) is 3.97. The number of rotatable bonds is 5. The van der Waals surface area contributed by atoms with E-state index in [2.05, 4.69) is 11.1 Å². The second-order valence-electron chi connectivity index (χ2n) is 5.16. The number of nitrogens with two attached hydrogens (primary N) is 1.